The molecule has 0 spiro atoms. The van der Waals surface area contributed by atoms with E-state index in [4.69, 9.17) is 37.4 Å². The Hall–Kier alpha value is -1.93. The summed E-state index contributed by atoms with van der Waals surface area (Å²) in [5, 5.41) is 4.33. The summed E-state index contributed by atoms with van der Waals surface area (Å²) in [5.41, 5.74) is 1.73. The average Bonchev–Trinajstić information content (AvgIpc) is 2.77. The smallest absolute Gasteiger partial charge is 0.131 e. The number of ether oxygens (including phenoxy) is 3. The van der Waals surface area contributed by atoms with Crippen molar-refractivity contribution in [2.24, 2.45) is 0 Å². The summed E-state index contributed by atoms with van der Waals surface area (Å²) < 4.78 is 18.0. The van der Waals surface area contributed by atoms with Crippen LogP contribution in [-0.2, 0) is 10.8 Å². The Kier molecular flexibility index (Phi) is 8.37. The second kappa shape index (κ2) is 10.6. The third-order valence-corrected chi connectivity index (χ3v) is 8.82. The largest absolute Gasteiger partial charge is 0.496 e. The molecular formula is C29H35Cl2O3P. The highest BCUT2D eigenvalue weighted by atomic mass is 35.5. The van der Waals surface area contributed by atoms with Gasteiger partial charge in [0, 0.05) is 37.1 Å². The summed E-state index contributed by atoms with van der Waals surface area (Å²) in [6.07, 6.45) is 0. The van der Waals surface area contributed by atoms with E-state index in [1.165, 1.54) is 0 Å². The number of benzene rings is 3. The van der Waals surface area contributed by atoms with Gasteiger partial charge in [-0.2, -0.15) is 0 Å². The molecule has 188 valence electrons. The summed E-state index contributed by atoms with van der Waals surface area (Å²) in [7, 11) is 3.90. The first-order valence-electron chi connectivity index (χ1n) is 11.5. The molecule has 3 rings (SSSR count). The lowest BCUT2D eigenvalue weighted by molar-refractivity contribution is 0.400. The van der Waals surface area contributed by atoms with Crippen LogP contribution in [0, 0.1) is 0 Å². The van der Waals surface area contributed by atoms with Gasteiger partial charge in [0.15, 0.2) is 0 Å². The summed E-state index contributed by atoms with van der Waals surface area (Å²) in [6, 6.07) is 16.1. The minimum atomic E-state index is -1.23. The molecule has 6 heteroatoms. The lowest BCUT2D eigenvalue weighted by atomic mass is 9.86. The Balaban J connectivity index is 2.53. The van der Waals surface area contributed by atoms with Crippen molar-refractivity contribution in [1.82, 2.24) is 0 Å². The second-order valence-corrected chi connectivity index (χ2v) is 13.5. The van der Waals surface area contributed by atoms with Gasteiger partial charge in [-0.1, -0.05) is 82.9 Å². The normalized spacial score (nSPS) is 12.1. The molecule has 0 saturated carbocycles. The van der Waals surface area contributed by atoms with Crippen molar-refractivity contribution in [2.45, 2.75) is 52.4 Å². The number of methoxy groups -OCH3 is 3. The molecule has 35 heavy (non-hydrogen) atoms. The number of hydrogen-bond acceptors (Lipinski definition) is 3. The Morgan fingerprint density at radius 1 is 0.600 bits per heavy atom. The molecule has 0 aliphatic heterocycles. The highest BCUT2D eigenvalue weighted by Crippen LogP contribution is 2.47. The zero-order chi connectivity index (χ0) is 26.1. The molecule has 0 unspecified atom stereocenters. The maximum atomic E-state index is 6.75. The Morgan fingerprint density at radius 2 is 1.03 bits per heavy atom. The summed E-state index contributed by atoms with van der Waals surface area (Å²) in [5.74, 6) is 2.42. The summed E-state index contributed by atoms with van der Waals surface area (Å²) >= 11 is 13.5. The first kappa shape index (κ1) is 27.7. The Labute approximate surface area is 221 Å². The van der Waals surface area contributed by atoms with E-state index in [2.05, 4.69) is 47.6 Å². The molecule has 0 aliphatic rings. The van der Waals surface area contributed by atoms with Crippen LogP contribution in [0.2, 0.25) is 10.0 Å². The third-order valence-electron chi connectivity index (χ3n) is 5.90. The van der Waals surface area contributed by atoms with Crippen LogP contribution >= 0.6 is 31.1 Å². The van der Waals surface area contributed by atoms with Gasteiger partial charge < -0.3 is 14.2 Å². The zero-order valence-electron chi connectivity index (χ0n) is 22.0. The van der Waals surface area contributed by atoms with Crippen LogP contribution in [0.4, 0.5) is 0 Å². The van der Waals surface area contributed by atoms with Crippen LogP contribution in [0.15, 0.2) is 48.5 Å². The van der Waals surface area contributed by atoms with E-state index in [0.717, 1.165) is 44.3 Å². The molecule has 0 heterocycles. The fourth-order valence-corrected chi connectivity index (χ4v) is 7.59. The van der Waals surface area contributed by atoms with Crippen molar-refractivity contribution in [3.05, 3.63) is 69.7 Å². The van der Waals surface area contributed by atoms with Crippen molar-refractivity contribution in [3.8, 4) is 17.2 Å². The fourth-order valence-electron chi connectivity index (χ4n) is 4.24. The molecule has 0 fully saturated rings. The van der Waals surface area contributed by atoms with Gasteiger partial charge in [-0.05, 0) is 49.1 Å². The molecule has 3 aromatic carbocycles. The predicted octanol–water partition coefficient (Wildman–Crippen LogP) is 7.37. The van der Waals surface area contributed by atoms with Crippen LogP contribution in [0.1, 0.15) is 52.7 Å². The van der Waals surface area contributed by atoms with E-state index in [0.29, 0.717) is 10.0 Å². The van der Waals surface area contributed by atoms with E-state index in [-0.39, 0.29) is 10.8 Å². The number of hydrogen-bond donors (Lipinski definition) is 0. The highest BCUT2D eigenvalue weighted by Gasteiger charge is 2.33. The third kappa shape index (κ3) is 5.74. The maximum absolute atomic E-state index is 6.75. The van der Waals surface area contributed by atoms with Gasteiger partial charge in [-0.15, -0.1) is 0 Å². The van der Waals surface area contributed by atoms with Crippen LogP contribution in [0.25, 0.3) is 0 Å². The second-order valence-electron chi connectivity index (χ2n) is 10.5. The molecule has 0 amide bonds. The van der Waals surface area contributed by atoms with Gasteiger partial charge in [-0.3, -0.25) is 0 Å². The minimum Gasteiger partial charge on any atom is -0.496 e. The minimum absolute atomic E-state index is 0.179. The van der Waals surface area contributed by atoms with Crippen LogP contribution in [0.3, 0.4) is 0 Å². The van der Waals surface area contributed by atoms with Crippen molar-refractivity contribution < 1.29 is 14.2 Å². The molecule has 3 nitrogen and oxygen atoms in total. The van der Waals surface area contributed by atoms with Crippen molar-refractivity contribution >= 4 is 47.0 Å². The van der Waals surface area contributed by atoms with Crippen LogP contribution in [0.5, 0.6) is 17.2 Å². The molecule has 0 radical (unpaired) electrons. The highest BCUT2D eigenvalue weighted by molar-refractivity contribution is 7.80. The van der Waals surface area contributed by atoms with Crippen LogP contribution in [-0.4, -0.2) is 21.3 Å². The first-order valence-corrected chi connectivity index (χ1v) is 13.6. The molecule has 0 bridgehead atoms. The molecule has 0 aromatic heterocycles. The van der Waals surface area contributed by atoms with Gasteiger partial charge in [0.25, 0.3) is 0 Å². The molecule has 3 aromatic rings. The first-order chi connectivity index (χ1) is 16.3. The van der Waals surface area contributed by atoms with E-state index in [9.17, 15) is 0 Å². The fraction of sp³-hybridized carbons (Fsp3) is 0.379. The molecular weight excluding hydrogens is 498 g/mol. The average molecular weight is 533 g/mol. The lowest BCUT2D eigenvalue weighted by Crippen LogP contribution is -2.28. The van der Waals surface area contributed by atoms with E-state index in [1.54, 1.807) is 21.3 Å². The van der Waals surface area contributed by atoms with Gasteiger partial charge in [0.1, 0.15) is 17.2 Å². The molecule has 0 aliphatic carbocycles. The van der Waals surface area contributed by atoms with Gasteiger partial charge in [0.2, 0.25) is 0 Å². The molecule has 0 N–H and O–H groups in total. The predicted molar refractivity (Wildman–Crippen MR) is 152 cm³/mol. The Bertz CT molecular complexity index is 1140. The number of halogens is 2. The van der Waals surface area contributed by atoms with Gasteiger partial charge in [0.05, 0.1) is 21.3 Å². The van der Waals surface area contributed by atoms with E-state index in [1.807, 2.05) is 42.5 Å². The van der Waals surface area contributed by atoms with Crippen molar-refractivity contribution in [2.75, 3.05) is 21.3 Å². The quantitative estimate of drug-likeness (QED) is 0.310. The topological polar surface area (TPSA) is 27.7 Å². The van der Waals surface area contributed by atoms with Crippen molar-refractivity contribution in [3.63, 3.8) is 0 Å². The molecule has 0 saturated heterocycles. The lowest BCUT2D eigenvalue weighted by Gasteiger charge is -2.31. The molecule has 0 atom stereocenters. The van der Waals surface area contributed by atoms with Gasteiger partial charge in [-0.25, -0.2) is 0 Å². The number of para-hydroxylation sites is 1. The summed E-state index contributed by atoms with van der Waals surface area (Å²) in [6.45, 7) is 13.0. The summed E-state index contributed by atoms with van der Waals surface area (Å²) in [4.78, 5) is 0. The van der Waals surface area contributed by atoms with E-state index >= 15 is 0 Å². The van der Waals surface area contributed by atoms with E-state index < -0.39 is 7.92 Å². The SMILES string of the molecule is COc1ccccc1P(c1cc(Cl)cc(C(C)(C)C)c1OC)c1cc(Cl)cc(C(C)(C)C)c1OC. The standard InChI is InChI=1S/C29H35Cl2O3P/c1-28(2,3)20-14-18(30)16-24(26(20)33-8)35(23-13-11-10-12-22(23)32-7)25-17-19(31)15-21(27(25)34-9)29(4,5)6/h10-17H,1-9H3. The van der Waals surface area contributed by atoms with Gasteiger partial charge >= 0.3 is 0 Å². The maximum Gasteiger partial charge on any atom is 0.131 e. The van der Waals surface area contributed by atoms with Crippen molar-refractivity contribution in [1.29, 1.82) is 0 Å². The number of rotatable bonds is 6. The Morgan fingerprint density at radius 3 is 1.40 bits per heavy atom. The van der Waals surface area contributed by atoms with Crippen LogP contribution < -0.4 is 30.1 Å². The monoisotopic (exact) mass is 532 g/mol. The zero-order valence-corrected chi connectivity index (χ0v) is 24.5.